The lowest BCUT2D eigenvalue weighted by Crippen LogP contribution is -1.94. The van der Waals surface area contributed by atoms with E-state index in [1.807, 2.05) is 0 Å². The summed E-state index contributed by atoms with van der Waals surface area (Å²) in [5.41, 5.74) is 5.98. The van der Waals surface area contributed by atoms with Crippen LogP contribution in [0.3, 0.4) is 0 Å². The zero-order chi connectivity index (χ0) is 27.6. The Morgan fingerprint density at radius 3 is 1.76 bits per heavy atom. The van der Waals surface area contributed by atoms with Crippen molar-refractivity contribution in [1.82, 2.24) is 4.98 Å². The summed E-state index contributed by atoms with van der Waals surface area (Å²) in [7, 11) is 0. The monoisotopic (exact) mass is 531 g/mol. The number of hydrogen-bond donors (Lipinski definition) is 0. The van der Waals surface area contributed by atoms with Crippen LogP contribution in [0.4, 0.5) is 0 Å². The van der Waals surface area contributed by atoms with E-state index in [0.717, 1.165) is 5.52 Å². The second-order valence-electron chi connectivity index (χ2n) is 11.1. The van der Waals surface area contributed by atoms with Gasteiger partial charge in [0.05, 0.1) is 5.52 Å². The molecule has 9 rings (SSSR count). The molecule has 0 N–H and O–H groups in total. The fraction of sp³-hybridized carbons (Fsp3) is 0. The summed E-state index contributed by atoms with van der Waals surface area (Å²) in [5.74, 6) is 0. The molecule has 0 amide bonds. The van der Waals surface area contributed by atoms with Gasteiger partial charge in [-0.2, -0.15) is 0 Å². The molecule has 1 heterocycles. The van der Waals surface area contributed by atoms with Gasteiger partial charge >= 0.3 is 0 Å². The van der Waals surface area contributed by atoms with Crippen molar-refractivity contribution in [1.29, 1.82) is 0 Å². The van der Waals surface area contributed by atoms with Crippen molar-refractivity contribution < 1.29 is 0 Å². The highest BCUT2D eigenvalue weighted by Gasteiger charge is 2.21. The van der Waals surface area contributed by atoms with E-state index in [2.05, 4.69) is 152 Å². The molecule has 0 atom stereocenters. The third-order valence-electron chi connectivity index (χ3n) is 8.84. The molecule has 194 valence electrons. The Bertz CT molecular complexity index is 2520. The van der Waals surface area contributed by atoms with Gasteiger partial charge in [0.2, 0.25) is 0 Å². The quantitative estimate of drug-likeness (QED) is 0.160. The summed E-state index contributed by atoms with van der Waals surface area (Å²) in [6.07, 6.45) is 2.11. The van der Waals surface area contributed by atoms with Gasteiger partial charge in [-0.25, -0.2) is 0 Å². The molecule has 9 aromatic rings. The van der Waals surface area contributed by atoms with Crippen LogP contribution in [-0.4, -0.2) is 4.98 Å². The van der Waals surface area contributed by atoms with E-state index in [1.165, 1.54) is 81.5 Å². The summed E-state index contributed by atoms with van der Waals surface area (Å²) in [6, 6.07) is 52.9. The molecule has 42 heavy (non-hydrogen) atoms. The van der Waals surface area contributed by atoms with Crippen molar-refractivity contribution in [2.75, 3.05) is 0 Å². The minimum absolute atomic E-state index is 1.01. The summed E-state index contributed by atoms with van der Waals surface area (Å²) >= 11 is 0. The Morgan fingerprint density at radius 2 is 0.952 bits per heavy atom. The molecule has 0 aliphatic carbocycles. The van der Waals surface area contributed by atoms with Crippen molar-refractivity contribution in [2.24, 2.45) is 0 Å². The maximum atomic E-state index is 5.03. The van der Waals surface area contributed by atoms with Crippen LogP contribution >= 0.6 is 0 Å². The highest BCUT2D eigenvalue weighted by molar-refractivity contribution is 6.30. The number of pyridine rings is 1. The number of benzene rings is 8. The molecule has 0 aliphatic heterocycles. The van der Waals surface area contributed by atoms with Crippen LogP contribution in [0.5, 0.6) is 0 Å². The second kappa shape index (κ2) is 8.99. The molecule has 0 saturated heterocycles. The highest BCUT2D eigenvalue weighted by atomic mass is 14.7. The molecule has 0 radical (unpaired) electrons. The minimum Gasteiger partial charge on any atom is -0.256 e. The zero-order valence-corrected chi connectivity index (χ0v) is 22.9. The van der Waals surface area contributed by atoms with Gasteiger partial charge in [0, 0.05) is 22.4 Å². The molecular formula is C41H25N. The third-order valence-corrected chi connectivity index (χ3v) is 8.84. The maximum absolute atomic E-state index is 5.03. The number of hydrogen-bond acceptors (Lipinski definition) is 1. The van der Waals surface area contributed by atoms with Crippen LogP contribution in [0.25, 0.3) is 87.0 Å². The van der Waals surface area contributed by atoms with Crippen LogP contribution in [-0.2, 0) is 0 Å². The van der Waals surface area contributed by atoms with Crippen LogP contribution < -0.4 is 0 Å². The Kier molecular flexibility index (Phi) is 4.97. The lowest BCUT2D eigenvalue weighted by Gasteiger charge is -2.20. The average molecular weight is 532 g/mol. The molecule has 0 bridgehead atoms. The van der Waals surface area contributed by atoms with Crippen LogP contribution in [0.1, 0.15) is 0 Å². The summed E-state index contributed by atoms with van der Waals surface area (Å²) in [4.78, 5) is 5.03. The van der Waals surface area contributed by atoms with Crippen LogP contribution in [0.15, 0.2) is 152 Å². The molecule has 1 heteroatoms. The van der Waals surface area contributed by atoms with E-state index in [1.54, 1.807) is 0 Å². The Labute approximate surface area is 243 Å². The van der Waals surface area contributed by atoms with Crippen molar-refractivity contribution in [2.45, 2.75) is 0 Å². The number of nitrogens with zero attached hydrogens (tertiary/aromatic N) is 1. The van der Waals surface area contributed by atoms with Gasteiger partial charge in [0.25, 0.3) is 0 Å². The van der Waals surface area contributed by atoms with Gasteiger partial charge in [-0.1, -0.05) is 127 Å². The average Bonchev–Trinajstić information content (AvgIpc) is 3.06. The topological polar surface area (TPSA) is 12.9 Å². The Balaban J connectivity index is 1.53. The molecule has 1 nitrogen and oxygen atoms in total. The summed E-state index contributed by atoms with van der Waals surface area (Å²) in [6.45, 7) is 0. The molecule has 0 spiro atoms. The molecular weight excluding hydrogens is 506 g/mol. The van der Waals surface area contributed by atoms with Gasteiger partial charge in [-0.15, -0.1) is 0 Å². The maximum Gasteiger partial charge on any atom is 0.0708 e. The number of rotatable bonds is 2. The first kappa shape index (κ1) is 23.2. The standard InChI is InChI=1S/C41H25N/c1-2-12-27-23-29(22-21-26(27)11-1)39-33-17-7-8-18-34(33)40(37-25-42-38-20-10-9-19-35(38)41(37)39)36-24-28-13-3-4-14-30(28)31-15-5-6-16-32(31)36/h1-25H. The first-order chi connectivity index (χ1) is 20.8. The highest BCUT2D eigenvalue weighted by Crippen LogP contribution is 2.48. The Hall–Kier alpha value is -5.53. The third kappa shape index (κ3) is 3.34. The normalized spacial score (nSPS) is 11.8. The van der Waals surface area contributed by atoms with Crippen LogP contribution in [0, 0.1) is 0 Å². The van der Waals surface area contributed by atoms with Gasteiger partial charge in [0.15, 0.2) is 0 Å². The van der Waals surface area contributed by atoms with E-state index in [4.69, 9.17) is 4.98 Å². The molecule has 8 aromatic carbocycles. The van der Waals surface area contributed by atoms with Crippen LogP contribution in [0.2, 0.25) is 0 Å². The van der Waals surface area contributed by atoms with E-state index in [-0.39, 0.29) is 0 Å². The van der Waals surface area contributed by atoms with Crippen molar-refractivity contribution in [3.63, 3.8) is 0 Å². The predicted molar refractivity (Wildman–Crippen MR) is 180 cm³/mol. The summed E-state index contributed by atoms with van der Waals surface area (Å²) in [5, 5.41) is 13.7. The number of fused-ring (bicyclic) bond motifs is 8. The lowest BCUT2D eigenvalue weighted by atomic mass is 9.83. The first-order valence-electron chi connectivity index (χ1n) is 14.5. The molecule has 0 saturated carbocycles. The summed E-state index contributed by atoms with van der Waals surface area (Å²) < 4.78 is 0. The van der Waals surface area contributed by atoms with Gasteiger partial charge in [-0.05, 0) is 83.5 Å². The minimum atomic E-state index is 1.01. The van der Waals surface area contributed by atoms with Gasteiger partial charge < -0.3 is 0 Å². The zero-order valence-electron chi connectivity index (χ0n) is 22.9. The predicted octanol–water partition coefficient (Wildman–Crippen LogP) is 11.3. The van der Waals surface area contributed by atoms with E-state index in [9.17, 15) is 0 Å². The van der Waals surface area contributed by atoms with E-state index >= 15 is 0 Å². The molecule has 0 unspecified atom stereocenters. The van der Waals surface area contributed by atoms with Gasteiger partial charge in [-0.3, -0.25) is 4.98 Å². The smallest absolute Gasteiger partial charge is 0.0708 e. The van der Waals surface area contributed by atoms with Crippen molar-refractivity contribution in [3.8, 4) is 22.3 Å². The second-order valence-corrected chi connectivity index (χ2v) is 11.1. The van der Waals surface area contributed by atoms with Crippen molar-refractivity contribution >= 4 is 64.8 Å². The fourth-order valence-corrected chi connectivity index (χ4v) is 7.00. The molecule has 0 fully saturated rings. The molecule has 0 aliphatic rings. The first-order valence-corrected chi connectivity index (χ1v) is 14.5. The SMILES string of the molecule is c1ccc2cc(-c3c4ccccc4c(-c4cc5ccccc5c5ccccc45)c4cnc5ccccc5c34)ccc2c1. The number of aromatic nitrogens is 1. The van der Waals surface area contributed by atoms with E-state index in [0.29, 0.717) is 0 Å². The Morgan fingerprint density at radius 1 is 0.357 bits per heavy atom. The largest absolute Gasteiger partial charge is 0.256 e. The van der Waals surface area contributed by atoms with Gasteiger partial charge in [0.1, 0.15) is 0 Å². The lowest BCUT2D eigenvalue weighted by molar-refractivity contribution is 1.45. The van der Waals surface area contributed by atoms with E-state index < -0.39 is 0 Å². The molecule has 1 aromatic heterocycles. The van der Waals surface area contributed by atoms with Crippen molar-refractivity contribution in [3.05, 3.63) is 152 Å². The fourth-order valence-electron chi connectivity index (χ4n) is 7.00. The number of para-hydroxylation sites is 1.